The van der Waals surface area contributed by atoms with Crippen molar-refractivity contribution in [1.29, 1.82) is 0 Å². The second-order valence-corrected chi connectivity index (χ2v) is 8.31. The number of nitrogens with zero attached hydrogens (tertiary/aromatic N) is 5. The fraction of sp³-hybridized carbons (Fsp3) is 0.647. The van der Waals surface area contributed by atoms with Crippen molar-refractivity contribution in [3.05, 3.63) is 28.7 Å². The van der Waals surface area contributed by atoms with Gasteiger partial charge in [0.05, 0.1) is 11.7 Å². The van der Waals surface area contributed by atoms with Gasteiger partial charge in [-0.05, 0) is 26.2 Å². The van der Waals surface area contributed by atoms with Crippen molar-refractivity contribution in [3.8, 4) is 0 Å². The lowest BCUT2D eigenvalue weighted by Crippen LogP contribution is -2.42. The standard InChI is InChI=1S/C17H25N5OS/c1-12(22-11-18-10-19-22)16(23)21-8-6-5-7-13(21)15-20-14(9-24-15)17(2,3)4/h9-13H,5-8H2,1-4H3/t12-,13-/m1/s1. The molecule has 3 heterocycles. The van der Waals surface area contributed by atoms with E-state index in [0.717, 1.165) is 36.5 Å². The molecule has 0 aliphatic carbocycles. The highest BCUT2D eigenvalue weighted by Gasteiger charge is 2.33. The number of likely N-dealkylation sites (tertiary alicyclic amines) is 1. The average molecular weight is 347 g/mol. The van der Waals surface area contributed by atoms with Gasteiger partial charge in [-0.15, -0.1) is 11.3 Å². The van der Waals surface area contributed by atoms with Gasteiger partial charge < -0.3 is 4.90 Å². The summed E-state index contributed by atoms with van der Waals surface area (Å²) in [6.07, 6.45) is 6.23. The smallest absolute Gasteiger partial charge is 0.247 e. The maximum absolute atomic E-state index is 13.0. The van der Waals surface area contributed by atoms with E-state index >= 15 is 0 Å². The third-order valence-corrected chi connectivity index (χ3v) is 5.50. The van der Waals surface area contributed by atoms with E-state index in [1.165, 1.54) is 6.33 Å². The number of carbonyl (C=O) groups excluding carboxylic acids is 1. The van der Waals surface area contributed by atoms with Crippen molar-refractivity contribution >= 4 is 17.2 Å². The summed E-state index contributed by atoms with van der Waals surface area (Å²) in [5.41, 5.74) is 1.14. The van der Waals surface area contributed by atoms with Gasteiger partial charge in [0, 0.05) is 17.3 Å². The third kappa shape index (κ3) is 3.36. The monoisotopic (exact) mass is 347 g/mol. The molecule has 6 nitrogen and oxygen atoms in total. The number of hydrogen-bond acceptors (Lipinski definition) is 5. The molecule has 3 rings (SSSR count). The molecule has 0 radical (unpaired) electrons. The van der Waals surface area contributed by atoms with Crippen LogP contribution >= 0.6 is 11.3 Å². The largest absolute Gasteiger partial charge is 0.331 e. The lowest BCUT2D eigenvalue weighted by Gasteiger charge is -2.36. The van der Waals surface area contributed by atoms with Gasteiger partial charge in [-0.25, -0.2) is 14.6 Å². The number of amides is 1. The lowest BCUT2D eigenvalue weighted by atomic mass is 9.93. The van der Waals surface area contributed by atoms with Crippen molar-refractivity contribution in [2.24, 2.45) is 0 Å². The Bertz CT molecular complexity index is 688. The van der Waals surface area contributed by atoms with Crippen LogP contribution < -0.4 is 0 Å². The zero-order chi connectivity index (χ0) is 17.3. The van der Waals surface area contributed by atoms with Crippen LogP contribution in [0.4, 0.5) is 0 Å². The molecule has 2 aromatic rings. The van der Waals surface area contributed by atoms with Crippen LogP contribution in [0.25, 0.3) is 0 Å². The molecule has 130 valence electrons. The van der Waals surface area contributed by atoms with Crippen LogP contribution in [0.15, 0.2) is 18.0 Å². The molecule has 7 heteroatoms. The zero-order valence-corrected chi connectivity index (χ0v) is 15.6. The quantitative estimate of drug-likeness (QED) is 0.854. The summed E-state index contributed by atoms with van der Waals surface area (Å²) in [5, 5.41) is 7.30. The normalized spacial score (nSPS) is 20.2. The van der Waals surface area contributed by atoms with E-state index in [1.54, 1.807) is 22.3 Å². The van der Waals surface area contributed by atoms with Gasteiger partial charge in [0.2, 0.25) is 5.91 Å². The highest BCUT2D eigenvalue weighted by atomic mass is 32.1. The summed E-state index contributed by atoms with van der Waals surface area (Å²) in [7, 11) is 0. The van der Waals surface area contributed by atoms with E-state index < -0.39 is 0 Å². The maximum atomic E-state index is 13.0. The number of piperidine rings is 1. The first-order valence-corrected chi connectivity index (χ1v) is 9.36. The van der Waals surface area contributed by atoms with E-state index in [4.69, 9.17) is 4.98 Å². The molecule has 1 aliphatic rings. The van der Waals surface area contributed by atoms with Gasteiger partial charge >= 0.3 is 0 Å². The molecular formula is C17H25N5OS. The number of aromatic nitrogens is 4. The van der Waals surface area contributed by atoms with E-state index in [0.29, 0.717) is 0 Å². The fourth-order valence-corrected chi connectivity index (χ4v) is 4.20. The van der Waals surface area contributed by atoms with Gasteiger partial charge in [-0.1, -0.05) is 20.8 Å². The molecule has 2 atom stereocenters. The van der Waals surface area contributed by atoms with Crippen molar-refractivity contribution < 1.29 is 4.79 Å². The Hall–Kier alpha value is -1.76. The first-order valence-electron chi connectivity index (χ1n) is 8.48. The molecule has 0 saturated carbocycles. The van der Waals surface area contributed by atoms with Crippen LogP contribution in [-0.4, -0.2) is 37.1 Å². The molecular weight excluding hydrogens is 322 g/mol. The summed E-state index contributed by atoms with van der Waals surface area (Å²) >= 11 is 1.67. The molecule has 0 N–H and O–H groups in total. The van der Waals surface area contributed by atoms with E-state index in [2.05, 4.69) is 36.2 Å². The molecule has 0 aromatic carbocycles. The number of carbonyl (C=O) groups is 1. The second kappa shape index (κ2) is 6.63. The highest BCUT2D eigenvalue weighted by Crippen LogP contribution is 2.36. The van der Waals surface area contributed by atoms with E-state index in [1.807, 2.05) is 11.8 Å². The molecule has 0 spiro atoms. The Balaban J connectivity index is 1.83. The molecule has 0 unspecified atom stereocenters. The Labute approximate surface area is 146 Å². The van der Waals surface area contributed by atoms with Crippen molar-refractivity contribution in [2.75, 3.05) is 6.54 Å². The Morgan fingerprint density at radius 2 is 2.17 bits per heavy atom. The van der Waals surface area contributed by atoms with Crippen molar-refractivity contribution in [3.63, 3.8) is 0 Å². The van der Waals surface area contributed by atoms with Gasteiger partial charge in [0.25, 0.3) is 0 Å². The Kier molecular flexibility index (Phi) is 4.71. The molecule has 0 bridgehead atoms. The van der Waals surface area contributed by atoms with Crippen LogP contribution in [-0.2, 0) is 10.2 Å². The van der Waals surface area contributed by atoms with Gasteiger partial charge in [0.15, 0.2) is 0 Å². The average Bonchev–Trinajstić information content (AvgIpc) is 3.24. The SMILES string of the molecule is C[C@H](C(=O)N1CCCC[C@@H]1c1nc(C(C)(C)C)cs1)n1cncn1. The summed E-state index contributed by atoms with van der Waals surface area (Å²) in [4.78, 5) is 23.8. The molecule has 24 heavy (non-hydrogen) atoms. The van der Waals surface area contributed by atoms with Crippen LogP contribution in [0.2, 0.25) is 0 Å². The Morgan fingerprint density at radius 3 is 2.79 bits per heavy atom. The summed E-state index contributed by atoms with van der Waals surface area (Å²) in [5.74, 6) is 0.0951. The minimum absolute atomic E-state index is 0.0340. The van der Waals surface area contributed by atoms with Crippen molar-refractivity contribution in [2.45, 2.75) is 64.5 Å². The van der Waals surface area contributed by atoms with E-state index in [9.17, 15) is 4.79 Å². The lowest BCUT2D eigenvalue weighted by molar-refractivity contribution is -0.138. The zero-order valence-electron chi connectivity index (χ0n) is 14.8. The number of rotatable bonds is 3. The fourth-order valence-electron chi connectivity index (χ4n) is 3.01. The van der Waals surface area contributed by atoms with Crippen LogP contribution in [0.1, 0.15) is 69.7 Å². The minimum atomic E-state index is -0.338. The maximum Gasteiger partial charge on any atom is 0.247 e. The third-order valence-electron chi connectivity index (χ3n) is 4.55. The summed E-state index contributed by atoms with van der Waals surface area (Å²) in [6, 6.07) is -0.256. The molecule has 1 aliphatic heterocycles. The molecule has 2 aromatic heterocycles. The molecule has 1 fully saturated rings. The Morgan fingerprint density at radius 1 is 1.38 bits per heavy atom. The van der Waals surface area contributed by atoms with Crippen LogP contribution in [0.3, 0.4) is 0 Å². The van der Waals surface area contributed by atoms with E-state index in [-0.39, 0.29) is 23.4 Å². The highest BCUT2D eigenvalue weighted by molar-refractivity contribution is 7.09. The minimum Gasteiger partial charge on any atom is -0.331 e. The van der Waals surface area contributed by atoms with Gasteiger partial charge in [-0.2, -0.15) is 5.10 Å². The first-order chi connectivity index (χ1) is 11.4. The predicted molar refractivity (Wildman–Crippen MR) is 93.9 cm³/mol. The summed E-state index contributed by atoms with van der Waals surface area (Å²) < 4.78 is 1.62. The molecule has 1 amide bonds. The molecule has 1 saturated heterocycles. The number of thiazole rings is 1. The van der Waals surface area contributed by atoms with Crippen molar-refractivity contribution in [1.82, 2.24) is 24.6 Å². The van der Waals surface area contributed by atoms with Crippen LogP contribution in [0.5, 0.6) is 0 Å². The number of hydrogen-bond donors (Lipinski definition) is 0. The first kappa shape index (κ1) is 17.1. The van der Waals surface area contributed by atoms with Gasteiger partial charge in [0.1, 0.15) is 23.7 Å². The second-order valence-electron chi connectivity index (χ2n) is 7.42. The van der Waals surface area contributed by atoms with Crippen LogP contribution in [0, 0.1) is 0 Å². The summed E-state index contributed by atoms with van der Waals surface area (Å²) in [6.45, 7) is 9.17. The predicted octanol–water partition coefficient (Wildman–Crippen LogP) is 3.35. The topological polar surface area (TPSA) is 63.9 Å². The van der Waals surface area contributed by atoms with Gasteiger partial charge in [-0.3, -0.25) is 4.79 Å².